The van der Waals surface area contributed by atoms with E-state index in [4.69, 9.17) is 10.5 Å². The molecule has 0 bridgehead atoms. The first kappa shape index (κ1) is 15.0. The fraction of sp³-hybridized carbons (Fsp3) is 0.538. The van der Waals surface area contributed by atoms with Gasteiger partial charge in [0.2, 0.25) is 11.9 Å². The normalized spacial score (nSPS) is 11.0. The molecule has 0 radical (unpaired) electrons. The molecular weight excluding hydrogens is 270 g/mol. The molecule has 2 aromatic rings. The number of nitrogens with one attached hydrogen (secondary N) is 1. The van der Waals surface area contributed by atoms with Gasteiger partial charge in [-0.2, -0.15) is 20.1 Å². The standard InChI is InChI=1S/C13H21N7O/c1-7(2)21-13-17-11(14)16-12(18-13)15-6-10-8(3)19-20(5)9(10)4/h7H,6H2,1-5H3,(H3,14,15,16,17,18). The number of nitrogens with two attached hydrogens (primary N) is 1. The number of rotatable bonds is 5. The van der Waals surface area contributed by atoms with Crippen molar-refractivity contribution in [2.75, 3.05) is 11.1 Å². The van der Waals surface area contributed by atoms with Crippen LogP contribution in [0.25, 0.3) is 0 Å². The van der Waals surface area contributed by atoms with Crippen LogP contribution in [0.4, 0.5) is 11.9 Å². The summed E-state index contributed by atoms with van der Waals surface area (Å²) in [7, 11) is 1.92. The molecule has 0 unspecified atom stereocenters. The van der Waals surface area contributed by atoms with E-state index >= 15 is 0 Å². The zero-order chi connectivity index (χ0) is 15.6. The molecule has 8 heteroatoms. The van der Waals surface area contributed by atoms with Gasteiger partial charge in [0, 0.05) is 24.8 Å². The molecule has 0 amide bonds. The second-order valence-corrected chi connectivity index (χ2v) is 5.09. The van der Waals surface area contributed by atoms with Crippen molar-refractivity contribution in [3.8, 4) is 6.01 Å². The van der Waals surface area contributed by atoms with E-state index in [0.29, 0.717) is 12.5 Å². The molecular formula is C13H21N7O. The highest BCUT2D eigenvalue weighted by atomic mass is 16.5. The van der Waals surface area contributed by atoms with E-state index in [1.807, 2.05) is 39.4 Å². The second kappa shape index (κ2) is 5.94. The predicted molar refractivity (Wildman–Crippen MR) is 80.0 cm³/mol. The summed E-state index contributed by atoms with van der Waals surface area (Å²) in [6.45, 7) is 8.35. The Morgan fingerprint density at radius 2 is 1.95 bits per heavy atom. The van der Waals surface area contributed by atoms with E-state index in [-0.39, 0.29) is 18.1 Å². The Morgan fingerprint density at radius 3 is 2.52 bits per heavy atom. The van der Waals surface area contributed by atoms with Gasteiger partial charge in [-0.3, -0.25) is 4.68 Å². The highest BCUT2D eigenvalue weighted by Crippen LogP contribution is 2.15. The van der Waals surface area contributed by atoms with Crippen LogP contribution in [0.5, 0.6) is 6.01 Å². The van der Waals surface area contributed by atoms with Crippen LogP contribution < -0.4 is 15.8 Å². The van der Waals surface area contributed by atoms with Crippen molar-refractivity contribution in [2.24, 2.45) is 7.05 Å². The topological polar surface area (TPSA) is 104 Å². The molecule has 0 aliphatic carbocycles. The molecule has 2 aromatic heterocycles. The Labute approximate surface area is 123 Å². The first-order chi connectivity index (χ1) is 9.86. The average molecular weight is 291 g/mol. The van der Waals surface area contributed by atoms with Crippen LogP contribution in [0.3, 0.4) is 0 Å². The molecule has 0 aliphatic heterocycles. The smallest absolute Gasteiger partial charge is 0.323 e. The van der Waals surface area contributed by atoms with Gasteiger partial charge in [0.15, 0.2) is 0 Å². The lowest BCUT2D eigenvalue weighted by Crippen LogP contribution is -2.13. The molecule has 2 rings (SSSR count). The van der Waals surface area contributed by atoms with Crippen LogP contribution in [0, 0.1) is 13.8 Å². The van der Waals surface area contributed by atoms with E-state index < -0.39 is 0 Å². The molecule has 0 aliphatic rings. The number of nitrogens with zero attached hydrogens (tertiary/aromatic N) is 5. The lowest BCUT2D eigenvalue weighted by Gasteiger charge is -2.10. The van der Waals surface area contributed by atoms with Crippen molar-refractivity contribution in [1.82, 2.24) is 24.7 Å². The number of nitrogen functional groups attached to an aromatic ring is 1. The molecule has 0 saturated heterocycles. The highest BCUT2D eigenvalue weighted by molar-refractivity contribution is 5.35. The molecule has 2 heterocycles. The van der Waals surface area contributed by atoms with Gasteiger partial charge in [0.25, 0.3) is 0 Å². The minimum atomic E-state index is -0.0255. The number of hydrogen-bond acceptors (Lipinski definition) is 7. The quantitative estimate of drug-likeness (QED) is 0.853. The number of ether oxygens (including phenoxy) is 1. The Hall–Kier alpha value is -2.38. The SMILES string of the molecule is Cc1nn(C)c(C)c1CNc1nc(N)nc(OC(C)C)n1. The molecule has 8 nitrogen and oxygen atoms in total. The maximum atomic E-state index is 5.67. The Kier molecular flexibility index (Phi) is 4.25. The highest BCUT2D eigenvalue weighted by Gasteiger charge is 2.11. The summed E-state index contributed by atoms with van der Waals surface area (Å²) >= 11 is 0. The van der Waals surface area contributed by atoms with Crippen LogP contribution in [-0.4, -0.2) is 30.8 Å². The fourth-order valence-corrected chi connectivity index (χ4v) is 1.96. The molecule has 21 heavy (non-hydrogen) atoms. The Bertz CT molecular complexity index is 636. The third-order valence-electron chi connectivity index (χ3n) is 3.06. The summed E-state index contributed by atoms with van der Waals surface area (Å²) < 4.78 is 7.29. The van der Waals surface area contributed by atoms with Crippen LogP contribution in [0.15, 0.2) is 0 Å². The second-order valence-electron chi connectivity index (χ2n) is 5.09. The minimum absolute atomic E-state index is 0.0255. The van der Waals surface area contributed by atoms with Gasteiger partial charge in [-0.15, -0.1) is 0 Å². The van der Waals surface area contributed by atoms with E-state index in [0.717, 1.165) is 17.0 Å². The predicted octanol–water partition coefficient (Wildman–Crippen LogP) is 1.20. The van der Waals surface area contributed by atoms with Crippen LogP contribution >= 0.6 is 0 Å². The van der Waals surface area contributed by atoms with Crippen molar-refractivity contribution in [2.45, 2.75) is 40.3 Å². The van der Waals surface area contributed by atoms with Gasteiger partial charge >= 0.3 is 6.01 Å². The lowest BCUT2D eigenvalue weighted by molar-refractivity contribution is 0.222. The van der Waals surface area contributed by atoms with Crippen LogP contribution in [-0.2, 0) is 13.6 Å². The molecule has 0 aromatic carbocycles. The summed E-state index contributed by atoms with van der Waals surface area (Å²) in [5.41, 5.74) is 8.86. The van der Waals surface area contributed by atoms with Gasteiger partial charge in [-0.05, 0) is 27.7 Å². The largest absolute Gasteiger partial charge is 0.461 e. The van der Waals surface area contributed by atoms with Gasteiger partial charge < -0.3 is 15.8 Å². The zero-order valence-corrected chi connectivity index (χ0v) is 13.0. The van der Waals surface area contributed by atoms with Crippen LogP contribution in [0.2, 0.25) is 0 Å². The van der Waals surface area contributed by atoms with Gasteiger partial charge in [-0.1, -0.05) is 0 Å². The maximum absolute atomic E-state index is 5.67. The maximum Gasteiger partial charge on any atom is 0.323 e. The first-order valence-electron chi connectivity index (χ1n) is 6.78. The first-order valence-corrected chi connectivity index (χ1v) is 6.78. The fourth-order valence-electron chi connectivity index (χ4n) is 1.96. The van der Waals surface area contributed by atoms with E-state index in [2.05, 4.69) is 25.4 Å². The number of aromatic nitrogens is 5. The van der Waals surface area contributed by atoms with Crippen molar-refractivity contribution in [3.63, 3.8) is 0 Å². The summed E-state index contributed by atoms with van der Waals surface area (Å²) in [4.78, 5) is 12.2. The van der Waals surface area contributed by atoms with Crippen molar-refractivity contribution in [3.05, 3.63) is 17.0 Å². The number of anilines is 2. The molecule has 3 N–H and O–H groups in total. The number of hydrogen-bond donors (Lipinski definition) is 2. The van der Waals surface area contributed by atoms with Gasteiger partial charge in [0.05, 0.1) is 11.8 Å². The summed E-state index contributed by atoms with van der Waals surface area (Å²) in [6, 6.07) is 0.222. The van der Waals surface area contributed by atoms with E-state index in [9.17, 15) is 0 Å². The van der Waals surface area contributed by atoms with Gasteiger partial charge in [0.1, 0.15) is 0 Å². The Balaban J connectivity index is 2.14. The van der Waals surface area contributed by atoms with E-state index in [1.165, 1.54) is 0 Å². The van der Waals surface area contributed by atoms with Gasteiger partial charge in [-0.25, -0.2) is 0 Å². The third kappa shape index (κ3) is 3.59. The van der Waals surface area contributed by atoms with Crippen molar-refractivity contribution >= 4 is 11.9 Å². The van der Waals surface area contributed by atoms with Crippen molar-refractivity contribution in [1.29, 1.82) is 0 Å². The molecule has 0 atom stereocenters. The van der Waals surface area contributed by atoms with Crippen molar-refractivity contribution < 1.29 is 4.74 Å². The summed E-state index contributed by atoms with van der Waals surface area (Å²) in [6.07, 6.45) is -0.0255. The monoisotopic (exact) mass is 291 g/mol. The third-order valence-corrected chi connectivity index (χ3v) is 3.06. The van der Waals surface area contributed by atoms with E-state index in [1.54, 1.807) is 0 Å². The summed E-state index contributed by atoms with van der Waals surface area (Å²) in [5.74, 6) is 0.517. The zero-order valence-electron chi connectivity index (χ0n) is 13.0. The lowest BCUT2D eigenvalue weighted by atomic mass is 10.2. The summed E-state index contributed by atoms with van der Waals surface area (Å²) in [5, 5.41) is 7.51. The minimum Gasteiger partial charge on any atom is -0.461 e. The molecule has 0 saturated carbocycles. The Morgan fingerprint density at radius 1 is 1.24 bits per heavy atom. The number of aryl methyl sites for hydroxylation is 2. The molecule has 0 fully saturated rings. The molecule has 0 spiro atoms. The van der Waals surface area contributed by atoms with Crippen LogP contribution in [0.1, 0.15) is 30.8 Å². The average Bonchev–Trinajstić information content (AvgIpc) is 2.59. The molecule has 114 valence electrons.